The molecule has 0 saturated carbocycles. The van der Waals surface area contributed by atoms with E-state index in [1.54, 1.807) is 18.2 Å². The van der Waals surface area contributed by atoms with Gasteiger partial charge in [-0.15, -0.1) is 0 Å². The summed E-state index contributed by atoms with van der Waals surface area (Å²) < 4.78 is 0. The van der Waals surface area contributed by atoms with Crippen LogP contribution in [-0.2, 0) is 9.59 Å². The Bertz CT molecular complexity index is 343. The van der Waals surface area contributed by atoms with E-state index in [1.165, 1.54) is 12.1 Å². The number of benzene rings is 1. The van der Waals surface area contributed by atoms with E-state index in [0.29, 0.717) is 0 Å². The Kier molecular flexibility index (Phi) is 15.8. The Morgan fingerprint density at radius 1 is 0.833 bits per heavy atom. The third kappa shape index (κ3) is 23.8. The summed E-state index contributed by atoms with van der Waals surface area (Å²) in [4.78, 5) is 27.9. The van der Waals surface area contributed by atoms with Gasteiger partial charge >= 0.3 is 17.4 Å². The summed E-state index contributed by atoms with van der Waals surface area (Å²) in [6.45, 7) is 1.94. The first-order valence-corrected chi connectivity index (χ1v) is 4.39. The zero-order valence-electron chi connectivity index (χ0n) is 9.91. The normalized spacial score (nSPS) is 7.22. The van der Waals surface area contributed by atoms with Crippen molar-refractivity contribution in [3.63, 3.8) is 0 Å². The first kappa shape index (κ1) is 21.4. The van der Waals surface area contributed by atoms with Crippen LogP contribution in [0, 0.1) is 0 Å². The maximum atomic E-state index is 10.1. The Morgan fingerprint density at radius 2 is 1.11 bits per heavy atom. The van der Waals surface area contributed by atoms with Crippen LogP contribution in [0.1, 0.15) is 24.2 Å². The third-order valence-electron chi connectivity index (χ3n) is 1.01. The number of carbonyl (C=O) groups is 3. The second-order valence-corrected chi connectivity index (χ2v) is 2.64. The molecule has 94 valence electrons. The number of carboxylic acids is 3. The summed E-state index contributed by atoms with van der Waals surface area (Å²) in [6, 6.07) is 8.06. The van der Waals surface area contributed by atoms with Crippen molar-refractivity contribution in [1.29, 1.82) is 0 Å². The minimum Gasteiger partial charge on any atom is -0.550 e. The topological polar surface area (TPSA) is 120 Å². The number of aromatic carboxylic acids is 1. The molecule has 0 spiro atoms. The molecule has 0 aliphatic heterocycles. The molecule has 0 aromatic heterocycles. The molecule has 0 heterocycles. The van der Waals surface area contributed by atoms with Gasteiger partial charge in [0.1, 0.15) is 0 Å². The Hall–Kier alpha value is -1.84. The van der Waals surface area contributed by atoms with Gasteiger partial charge in [0, 0.05) is 11.9 Å². The molecule has 0 atom stereocenters. The predicted molar refractivity (Wildman–Crippen MR) is 57.9 cm³/mol. The quantitative estimate of drug-likeness (QED) is 0.505. The molecule has 18 heavy (non-hydrogen) atoms. The molecule has 0 N–H and O–H groups in total. The van der Waals surface area contributed by atoms with Crippen LogP contribution in [0.25, 0.3) is 0 Å². The van der Waals surface area contributed by atoms with E-state index in [0.717, 1.165) is 13.8 Å². The number of carboxylic acid groups (broad SMARTS) is 3. The van der Waals surface area contributed by atoms with Gasteiger partial charge in [-0.3, -0.25) is 0 Å². The third-order valence-corrected chi connectivity index (χ3v) is 1.01. The van der Waals surface area contributed by atoms with Crippen molar-refractivity contribution in [3.8, 4) is 0 Å². The largest absolute Gasteiger partial charge is 3.00 e. The first-order valence-electron chi connectivity index (χ1n) is 4.39. The Morgan fingerprint density at radius 3 is 1.28 bits per heavy atom. The van der Waals surface area contributed by atoms with Crippen LogP contribution >= 0.6 is 0 Å². The summed E-state index contributed by atoms with van der Waals surface area (Å²) in [5.74, 6) is -3.30. The van der Waals surface area contributed by atoms with E-state index < -0.39 is 17.9 Å². The van der Waals surface area contributed by atoms with Crippen molar-refractivity contribution >= 4 is 35.3 Å². The standard InChI is InChI=1S/C7H6O2.2C2H4O2.Al/c8-7(9)6-4-2-1-3-5-6;2*1-2(3)4;/h1-5H,(H,8,9);2*1H3,(H,3,4);/q;;;+3/p-3. The van der Waals surface area contributed by atoms with Crippen molar-refractivity contribution in [2.45, 2.75) is 13.8 Å². The molecule has 6 nitrogen and oxygen atoms in total. The van der Waals surface area contributed by atoms with Gasteiger partial charge in [-0.25, -0.2) is 0 Å². The van der Waals surface area contributed by atoms with Crippen molar-refractivity contribution < 1.29 is 29.7 Å². The fraction of sp³-hybridized carbons (Fsp3) is 0.182. The van der Waals surface area contributed by atoms with E-state index >= 15 is 0 Å². The first-order chi connectivity index (χ1) is 7.77. The Balaban J connectivity index is -0.000000214. The molecule has 0 radical (unpaired) electrons. The van der Waals surface area contributed by atoms with Gasteiger partial charge < -0.3 is 29.7 Å². The van der Waals surface area contributed by atoms with Crippen LogP contribution in [0.15, 0.2) is 30.3 Å². The van der Waals surface area contributed by atoms with Crippen molar-refractivity contribution in [1.82, 2.24) is 0 Å². The molecule has 0 unspecified atom stereocenters. The van der Waals surface area contributed by atoms with Crippen LogP contribution in [0.3, 0.4) is 0 Å². The molecule has 1 rings (SSSR count). The van der Waals surface area contributed by atoms with Crippen LogP contribution in [0.2, 0.25) is 0 Å². The molecule has 0 bridgehead atoms. The molecule has 0 fully saturated rings. The summed E-state index contributed by atoms with van der Waals surface area (Å²) in [6.07, 6.45) is 0. The van der Waals surface area contributed by atoms with E-state index in [2.05, 4.69) is 0 Å². The molecule has 1 aromatic carbocycles. The predicted octanol–water partition coefficient (Wildman–Crippen LogP) is -2.82. The second-order valence-electron chi connectivity index (χ2n) is 2.64. The molecule has 7 heteroatoms. The maximum Gasteiger partial charge on any atom is 3.00 e. The maximum absolute atomic E-state index is 10.1. The Labute approximate surface area is 115 Å². The second kappa shape index (κ2) is 13.2. The number of carbonyl (C=O) groups excluding carboxylic acids is 3. The minimum absolute atomic E-state index is 0. The van der Waals surface area contributed by atoms with Gasteiger partial charge in [-0.05, 0) is 19.4 Å². The molecule has 0 aliphatic rings. The monoisotopic (exact) mass is 266 g/mol. The smallest absolute Gasteiger partial charge is 0.550 e. The molecular weight excluding hydrogens is 255 g/mol. The van der Waals surface area contributed by atoms with Gasteiger partial charge in [-0.2, -0.15) is 0 Å². The van der Waals surface area contributed by atoms with Crippen molar-refractivity contribution in [2.75, 3.05) is 0 Å². The summed E-state index contributed by atoms with van der Waals surface area (Å²) in [5, 5.41) is 27.9. The number of aliphatic carboxylic acids is 2. The van der Waals surface area contributed by atoms with Gasteiger partial charge in [0.25, 0.3) is 0 Å². The summed E-state index contributed by atoms with van der Waals surface area (Å²) in [7, 11) is 0. The van der Waals surface area contributed by atoms with Crippen LogP contribution in [0.4, 0.5) is 0 Å². The molecule has 0 saturated heterocycles. The molecule has 1 aromatic rings. The molecular formula is C11H11AlO6. The zero-order valence-corrected chi connectivity index (χ0v) is 11.1. The average molecular weight is 266 g/mol. The average Bonchev–Trinajstić information content (AvgIpc) is 2.17. The SMILES string of the molecule is CC(=O)[O-].CC(=O)[O-].O=C([O-])c1ccccc1.[Al+3]. The van der Waals surface area contributed by atoms with E-state index in [4.69, 9.17) is 19.8 Å². The summed E-state index contributed by atoms with van der Waals surface area (Å²) in [5.41, 5.74) is 0.220. The number of hydrogen-bond donors (Lipinski definition) is 0. The molecule has 0 amide bonds. The van der Waals surface area contributed by atoms with Gasteiger partial charge in [0.15, 0.2) is 0 Å². The van der Waals surface area contributed by atoms with Crippen LogP contribution < -0.4 is 15.3 Å². The van der Waals surface area contributed by atoms with Gasteiger partial charge in [-0.1, -0.05) is 30.3 Å². The minimum atomic E-state index is -1.13. The van der Waals surface area contributed by atoms with E-state index in [-0.39, 0.29) is 22.9 Å². The van der Waals surface area contributed by atoms with Crippen LogP contribution in [-0.4, -0.2) is 35.3 Å². The number of hydrogen-bond acceptors (Lipinski definition) is 6. The van der Waals surface area contributed by atoms with Crippen LogP contribution in [0.5, 0.6) is 0 Å². The van der Waals surface area contributed by atoms with Gasteiger partial charge in [0.05, 0.1) is 5.97 Å². The number of rotatable bonds is 1. The van der Waals surface area contributed by atoms with E-state index in [9.17, 15) is 9.90 Å². The molecule has 0 aliphatic carbocycles. The van der Waals surface area contributed by atoms with Crippen molar-refractivity contribution in [2.24, 2.45) is 0 Å². The van der Waals surface area contributed by atoms with E-state index in [1.807, 2.05) is 0 Å². The van der Waals surface area contributed by atoms with Gasteiger partial charge in [0.2, 0.25) is 0 Å². The fourth-order valence-electron chi connectivity index (χ4n) is 0.574. The summed E-state index contributed by atoms with van der Waals surface area (Å²) >= 11 is 0. The fourth-order valence-corrected chi connectivity index (χ4v) is 0.574. The zero-order chi connectivity index (χ0) is 13.8. The van der Waals surface area contributed by atoms with Crippen molar-refractivity contribution in [3.05, 3.63) is 35.9 Å².